The Hall–Kier alpha value is 0.454. The van der Waals surface area contributed by atoms with E-state index in [1.165, 1.54) is 0 Å². The molecule has 1 rings (SSSR count). The third kappa shape index (κ3) is 3.03. The van der Waals surface area contributed by atoms with Crippen LogP contribution < -0.4 is 0 Å². The minimum atomic E-state index is 0. The van der Waals surface area contributed by atoms with Gasteiger partial charge >= 0.3 is 0 Å². The number of hydrogen-bond acceptors (Lipinski definition) is 0. The topological polar surface area (TPSA) is 0 Å². The van der Waals surface area contributed by atoms with E-state index in [1.54, 1.807) is 0 Å². The Labute approximate surface area is 88.7 Å². The van der Waals surface area contributed by atoms with Crippen molar-refractivity contribution in [2.24, 2.45) is 5.92 Å². The largest absolute Gasteiger partial charge is 0.335 e. The zero-order chi connectivity index (χ0) is 6.69. The SMILES string of the molecule is [CH2-]C1=CCCC=CC1[CH2-].[Y]. The molecule has 0 saturated carbocycles. The van der Waals surface area contributed by atoms with Crippen molar-refractivity contribution in [1.82, 2.24) is 0 Å². The van der Waals surface area contributed by atoms with Gasteiger partial charge in [0.2, 0.25) is 0 Å². The fourth-order valence-corrected chi connectivity index (χ4v) is 0.900. The molecule has 1 atom stereocenters. The van der Waals surface area contributed by atoms with Crippen molar-refractivity contribution >= 4 is 0 Å². The molecule has 53 valence electrons. The van der Waals surface area contributed by atoms with Gasteiger partial charge in [-0.2, -0.15) is 5.92 Å². The Morgan fingerprint density at radius 2 is 2.10 bits per heavy atom. The average Bonchev–Trinajstić information content (AvgIpc) is 1.99. The Morgan fingerprint density at radius 3 is 2.80 bits per heavy atom. The number of allylic oxidation sites excluding steroid dienone is 4. The van der Waals surface area contributed by atoms with Crippen molar-refractivity contribution in [1.29, 1.82) is 0 Å². The molecule has 1 aliphatic carbocycles. The van der Waals surface area contributed by atoms with Crippen LogP contribution in [-0.4, -0.2) is 0 Å². The second-order valence-electron chi connectivity index (χ2n) is 2.39. The molecule has 1 radical (unpaired) electrons. The first-order valence-electron chi connectivity index (χ1n) is 3.32. The van der Waals surface area contributed by atoms with Gasteiger partial charge in [-0.1, -0.05) is 12.5 Å². The summed E-state index contributed by atoms with van der Waals surface area (Å²) in [5, 5.41) is 0. The van der Waals surface area contributed by atoms with Gasteiger partial charge in [-0.05, 0) is 6.42 Å². The zero-order valence-corrected chi connectivity index (χ0v) is 9.05. The maximum Gasteiger partial charge on any atom is 0 e. The van der Waals surface area contributed by atoms with Gasteiger partial charge in [-0.25, -0.2) is 18.6 Å². The van der Waals surface area contributed by atoms with Crippen molar-refractivity contribution in [3.8, 4) is 0 Å². The van der Waals surface area contributed by atoms with E-state index in [0.29, 0.717) is 5.92 Å². The Kier molecular flexibility index (Phi) is 5.38. The Bertz CT molecular complexity index is 145. The molecule has 0 aromatic heterocycles. The summed E-state index contributed by atoms with van der Waals surface area (Å²) in [4.78, 5) is 0. The van der Waals surface area contributed by atoms with Gasteiger partial charge in [0.25, 0.3) is 0 Å². The van der Waals surface area contributed by atoms with Crippen LogP contribution in [0.2, 0.25) is 0 Å². The number of rotatable bonds is 0. The fourth-order valence-electron chi connectivity index (χ4n) is 0.900. The summed E-state index contributed by atoms with van der Waals surface area (Å²) in [6.45, 7) is 7.81. The van der Waals surface area contributed by atoms with Crippen LogP contribution in [0, 0.1) is 19.8 Å². The second kappa shape index (κ2) is 5.15. The van der Waals surface area contributed by atoms with Crippen LogP contribution in [0.5, 0.6) is 0 Å². The molecule has 0 heterocycles. The van der Waals surface area contributed by atoms with Crippen LogP contribution in [0.3, 0.4) is 0 Å². The molecule has 0 fully saturated rings. The minimum absolute atomic E-state index is 0. The van der Waals surface area contributed by atoms with Gasteiger partial charge in [0.15, 0.2) is 0 Å². The Morgan fingerprint density at radius 1 is 1.40 bits per heavy atom. The van der Waals surface area contributed by atoms with Gasteiger partial charge < -0.3 is 6.92 Å². The zero-order valence-electron chi connectivity index (χ0n) is 6.22. The Balaban J connectivity index is 0.000000810. The molecular weight excluding hydrogens is 197 g/mol. The normalized spacial score (nSPS) is 24.5. The van der Waals surface area contributed by atoms with E-state index in [-0.39, 0.29) is 32.7 Å². The summed E-state index contributed by atoms with van der Waals surface area (Å²) in [7, 11) is 0. The summed E-state index contributed by atoms with van der Waals surface area (Å²) < 4.78 is 0. The summed E-state index contributed by atoms with van der Waals surface area (Å²) in [5.41, 5.74) is 1.16. The first-order chi connectivity index (χ1) is 4.30. The van der Waals surface area contributed by atoms with E-state index < -0.39 is 0 Å². The predicted molar refractivity (Wildman–Crippen MR) is 40.7 cm³/mol. The summed E-state index contributed by atoms with van der Waals surface area (Å²) in [6, 6.07) is 0. The molecular formula is C9H12Y-2. The minimum Gasteiger partial charge on any atom is -0.335 e. The summed E-state index contributed by atoms with van der Waals surface area (Å²) in [6.07, 6.45) is 8.72. The molecule has 0 N–H and O–H groups in total. The first-order valence-corrected chi connectivity index (χ1v) is 3.32. The van der Waals surface area contributed by atoms with E-state index in [1.807, 2.05) is 0 Å². The van der Waals surface area contributed by atoms with Gasteiger partial charge in [0, 0.05) is 32.7 Å². The number of hydrogen-bond donors (Lipinski definition) is 0. The molecule has 0 aromatic rings. The van der Waals surface area contributed by atoms with Crippen LogP contribution in [-0.2, 0) is 32.7 Å². The monoisotopic (exact) mass is 209 g/mol. The molecule has 0 aliphatic heterocycles. The molecule has 1 heteroatoms. The third-order valence-corrected chi connectivity index (χ3v) is 1.58. The second-order valence-corrected chi connectivity index (χ2v) is 2.39. The smallest absolute Gasteiger partial charge is 0 e. The molecule has 0 aromatic carbocycles. The maximum absolute atomic E-state index is 3.92. The van der Waals surface area contributed by atoms with Crippen LogP contribution in [0.15, 0.2) is 23.8 Å². The van der Waals surface area contributed by atoms with Crippen molar-refractivity contribution < 1.29 is 32.7 Å². The fraction of sp³-hybridized carbons (Fsp3) is 0.333. The summed E-state index contributed by atoms with van der Waals surface area (Å²) >= 11 is 0. The first kappa shape index (κ1) is 10.5. The van der Waals surface area contributed by atoms with Gasteiger partial charge in [-0.15, -0.1) is 6.08 Å². The van der Waals surface area contributed by atoms with E-state index >= 15 is 0 Å². The standard InChI is InChI=1S/C9H12.Y/c1-8-6-4-3-5-7-9(8)2;/h4,6-8H,1-3,5H2;/q-2;. The molecule has 0 saturated heterocycles. The molecule has 0 bridgehead atoms. The molecule has 1 unspecified atom stereocenters. The van der Waals surface area contributed by atoms with E-state index in [4.69, 9.17) is 0 Å². The van der Waals surface area contributed by atoms with Crippen molar-refractivity contribution in [3.63, 3.8) is 0 Å². The molecule has 0 amide bonds. The van der Waals surface area contributed by atoms with Gasteiger partial charge in [0.1, 0.15) is 0 Å². The quantitative estimate of drug-likeness (QED) is 0.424. The third-order valence-electron chi connectivity index (χ3n) is 1.58. The average molecular weight is 209 g/mol. The molecule has 10 heavy (non-hydrogen) atoms. The van der Waals surface area contributed by atoms with Crippen LogP contribution in [0.25, 0.3) is 0 Å². The van der Waals surface area contributed by atoms with E-state index in [9.17, 15) is 0 Å². The summed E-state index contributed by atoms with van der Waals surface area (Å²) in [5.74, 6) is 0.312. The van der Waals surface area contributed by atoms with Crippen LogP contribution in [0.4, 0.5) is 0 Å². The van der Waals surface area contributed by atoms with Crippen molar-refractivity contribution in [3.05, 3.63) is 37.6 Å². The van der Waals surface area contributed by atoms with Gasteiger partial charge in [-0.3, -0.25) is 0 Å². The van der Waals surface area contributed by atoms with Crippen molar-refractivity contribution in [2.45, 2.75) is 12.8 Å². The van der Waals surface area contributed by atoms with Crippen molar-refractivity contribution in [2.75, 3.05) is 0 Å². The predicted octanol–water partition coefficient (Wildman–Crippen LogP) is 2.54. The molecule has 0 spiro atoms. The van der Waals surface area contributed by atoms with Crippen LogP contribution in [0.1, 0.15) is 12.8 Å². The van der Waals surface area contributed by atoms with E-state index in [2.05, 4.69) is 32.1 Å². The van der Waals surface area contributed by atoms with Crippen LogP contribution >= 0.6 is 0 Å². The molecule has 0 nitrogen and oxygen atoms in total. The van der Waals surface area contributed by atoms with E-state index in [0.717, 1.165) is 18.4 Å². The molecule has 1 aliphatic rings. The van der Waals surface area contributed by atoms with Gasteiger partial charge in [0.05, 0.1) is 0 Å². The maximum atomic E-state index is 3.92.